The molecule has 4 N–H and O–H groups in total. The first-order valence-corrected chi connectivity index (χ1v) is 7.76. The summed E-state index contributed by atoms with van der Waals surface area (Å²) in [5.74, 6) is 4.91. The van der Waals surface area contributed by atoms with Crippen LogP contribution in [-0.2, 0) is 6.54 Å². The number of aryl methyl sites for hydroxylation is 1. The predicted molar refractivity (Wildman–Crippen MR) is 80.5 cm³/mol. The van der Waals surface area contributed by atoms with Gasteiger partial charge in [0.2, 0.25) is 0 Å². The maximum Gasteiger partial charge on any atom is 0.275 e. The predicted octanol–water partition coefficient (Wildman–Crippen LogP) is 1.40. The molecule has 0 aromatic carbocycles. The molecule has 2 rings (SSSR count). The van der Waals surface area contributed by atoms with Crippen LogP contribution in [0.1, 0.15) is 45.8 Å². The average molecular weight is 297 g/mol. The first kappa shape index (κ1) is 15.4. The minimum absolute atomic E-state index is 0.249. The van der Waals surface area contributed by atoms with Crippen LogP contribution in [0.2, 0.25) is 0 Å². The summed E-state index contributed by atoms with van der Waals surface area (Å²) in [4.78, 5) is 15.4. The van der Waals surface area contributed by atoms with Gasteiger partial charge in [-0.15, -0.1) is 11.3 Å². The van der Waals surface area contributed by atoms with Gasteiger partial charge in [-0.3, -0.25) is 15.1 Å². The number of nitrogens with zero attached hydrogens (tertiary/aromatic N) is 1. The van der Waals surface area contributed by atoms with Crippen LogP contribution in [0.5, 0.6) is 0 Å². The van der Waals surface area contributed by atoms with Crippen LogP contribution >= 0.6 is 11.3 Å². The summed E-state index contributed by atoms with van der Waals surface area (Å²) < 4.78 is 0. The topological polar surface area (TPSA) is 78.6 Å². The van der Waals surface area contributed by atoms with Crippen LogP contribution in [0, 0.1) is 6.92 Å². The van der Waals surface area contributed by atoms with Crippen molar-refractivity contribution in [3.8, 4) is 0 Å². The van der Waals surface area contributed by atoms with Crippen LogP contribution < -0.4 is 11.3 Å². The summed E-state index contributed by atoms with van der Waals surface area (Å²) in [7, 11) is 2.01. The highest BCUT2D eigenvalue weighted by Gasteiger charge is 2.32. The molecule has 20 heavy (non-hydrogen) atoms. The Morgan fingerprint density at radius 1 is 1.55 bits per heavy atom. The SMILES string of the molecule is Cc1sc(C(=O)NN)cc1CN(C)CC1(O)CCCC1. The van der Waals surface area contributed by atoms with Gasteiger partial charge in [0.15, 0.2) is 0 Å². The fourth-order valence-electron chi connectivity index (χ4n) is 2.90. The van der Waals surface area contributed by atoms with Gasteiger partial charge in [0.25, 0.3) is 5.91 Å². The third-order valence-electron chi connectivity index (χ3n) is 3.91. The van der Waals surface area contributed by atoms with Gasteiger partial charge in [-0.05, 0) is 38.4 Å². The minimum Gasteiger partial charge on any atom is -0.389 e. The number of nitrogens with one attached hydrogen (secondary N) is 1. The van der Waals surface area contributed by atoms with Crippen molar-refractivity contribution in [2.45, 2.75) is 44.8 Å². The average Bonchev–Trinajstić information content (AvgIpc) is 2.96. The number of carbonyl (C=O) groups excluding carboxylic acids is 1. The van der Waals surface area contributed by atoms with Crippen molar-refractivity contribution in [1.29, 1.82) is 0 Å². The molecule has 1 saturated carbocycles. The Labute approximate surface area is 123 Å². The number of hydrazine groups is 1. The second kappa shape index (κ2) is 6.22. The fourth-order valence-corrected chi connectivity index (χ4v) is 3.84. The summed E-state index contributed by atoms with van der Waals surface area (Å²) in [6.45, 7) is 3.43. The molecule has 1 aromatic rings. The quantitative estimate of drug-likeness (QED) is 0.436. The molecule has 5 nitrogen and oxygen atoms in total. The zero-order chi connectivity index (χ0) is 14.8. The van der Waals surface area contributed by atoms with Gasteiger partial charge < -0.3 is 5.11 Å². The van der Waals surface area contributed by atoms with E-state index in [1.165, 1.54) is 11.3 Å². The summed E-state index contributed by atoms with van der Waals surface area (Å²) in [6.07, 6.45) is 4.01. The lowest BCUT2D eigenvalue weighted by atomic mass is 10.0. The number of hydrogen-bond donors (Lipinski definition) is 3. The standard InChI is InChI=1S/C14H23N3O2S/c1-10-11(7-12(20-10)13(18)16-15)8-17(2)9-14(19)5-3-4-6-14/h7,19H,3-6,8-9,15H2,1-2H3,(H,16,18). The Kier molecular flexibility index (Phi) is 4.80. The summed E-state index contributed by atoms with van der Waals surface area (Å²) in [5, 5.41) is 10.4. The number of amides is 1. The Morgan fingerprint density at radius 3 is 2.80 bits per heavy atom. The van der Waals surface area contributed by atoms with Crippen molar-refractivity contribution in [2.75, 3.05) is 13.6 Å². The summed E-state index contributed by atoms with van der Waals surface area (Å²) in [5.41, 5.74) is 2.75. The third-order valence-corrected chi connectivity index (χ3v) is 5.01. The molecule has 1 amide bonds. The molecule has 1 aliphatic rings. The molecular weight excluding hydrogens is 274 g/mol. The van der Waals surface area contributed by atoms with Crippen molar-refractivity contribution >= 4 is 17.2 Å². The van der Waals surface area contributed by atoms with E-state index in [4.69, 9.17) is 5.84 Å². The minimum atomic E-state index is -0.532. The Hall–Kier alpha value is -0.950. The number of carbonyl (C=O) groups is 1. The molecule has 0 atom stereocenters. The Morgan fingerprint density at radius 2 is 2.20 bits per heavy atom. The van der Waals surface area contributed by atoms with E-state index in [9.17, 15) is 9.90 Å². The molecule has 1 aromatic heterocycles. The number of thiophene rings is 1. The first-order chi connectivity index (χ1) is 9.43. The summed E-state index contributed by atoms with van der Waals surface area (Å²) >= 11 is 1.45. The monoisotopic (exact) mass is 297 g/mol. The van der Waals surface area contributed by atoms with Crippen molar-refractivity contribution in [1.82, 2.24) is 10.3 Å². The number of likely N-dealkylation sites (N-methyl/N-ethyl adjacent to an activating group) is 1. The molecule has 1 aliphatic carbocycles. The second-order valence-electron chi connectivity index (χ2n) is 5.77. The van der Waals surface area contributed by atoms with Crippen molar-refractivity contribution < 1.29 is 9.90 Å². The molecule has 6 heteroatoms. The number of hydrogen-bond acceptors (Lipinski definition) is 5. The highest BCUT2D eigenvalue weighted by molar-refractivity contribution is 7.14. The van der Waals surface area contributed by atoms with Crippen LogP contribution in [0.15, 0.2) is 6.07 Å². The third kappa shape index (κ3) is 3.58. The molecule has 1 heterocycles. The van der Waals surface area contributed by atoms with Crippen LogP contribution in [0.25, 0.3) is 0 Å². The van der Waals surface area contributed by atoms with E-state index in [1.54, 1.807) is 0 Å². The van der Waals surface area contributed by atoms with Gasteiger partial charge in [-0.1, -0.05) is 12.8 Å². The number of aliphatic hydroxyl groups is 1. The van der Waals surface area contributed by atoms with Gasteiger partial charge >= 0.3 is 0 Å². The highest BCUT2D eigenvalue weighted by Crippen LogP contribution is 2.30. The zero-order valence-corrected chi connectivity index (χ0v) is 12.9. The van der Waals surface area contributed by atoms with Gasteiger partial charge in [0.1, 0.15) is 0 Å². The highest BCUT2D eigenvalue weighted by atomic mass is 32.1. The van der Waals surface area contributed by atoms with E-state index >= 15 is 0 Å². The molecule has 0 radical (unpaired) electrons. The molecule has 0 saturated heterocycles. The molecular formula is C14H23N3O2S. The van der Waals surface area contributed by atoms with Crippen LogP contribution in [-0.4, -0.2) is 35.1 Å². The van der Waals surface area contributed by atoms with Gasteiger partial charge in [0, 0.05) is 18.0 Å². The smallest absolute Gasteiger partial charge is 0.275 e. The van der Waals surface area contributed by atoms with E-state index in [-0.39, 0.29) is 5.91 Å². The molecule has 0 unspecified atom stereocenters. The van der Waals surface area contributed by atoms with Gasteiger partial charge in [-0.2, -0.15) is 0 Å². The van der Waals surface area contributed by atoms with Crippen molar-refractivity contribution in [2.24, 2.45) is 5.84 Å². The Balaban J connectivity index is 1.98. The maximum absolute atomic E-state index is 11.5. The molecule has 0 bridgehead atoms. The normalized spacial score (nSPS) is 17.6. The first-order valence-electron chi connectivity index (χ1n) is 6.95. The van der Waals surface area contributed by atoms with E-state index in [0.717, 1.165) is 42.7 Å². The summed E-state index contributed by atoms with van der Waals surface area (Å²) in [6, 6.07) is 1.89. The zero-order valence-electron chi connectivity index (χ0n) is 12.1. The van der Waals surface area contributed by atoms with E-state index in [0.29, 0.717) is 11.4 Å². The molecule has 112 valence electrons. The largest absolute Gasteiger partial charge is 0.389 e. The lowest BCUT2D eigenvalue weighted by Gasteiger charge is -2.28. The number of nitrogen functional groups attached to an aromatic ring is 1. The molecule has 0 aliphatic heterocycles. The lowest BCUT2D eigenvalue weighted by Crippen LogP contribution is -2.38. The van der Waals surface area contributed by atoms with E-state index in [2.05, 4.69) is 10.3 Å². The fraction of sp³-hybridized carbons (Fsp3) is 0.643. The van der Waals surface area contributed by atoms with Crippen molar-refractivity contribution in [3.05, 3.63) is 21.4 Å². The number of nitrogens with two attached hydrogens (primary N) is 1. The van der Waals surface area contributed by atoms with E-state index < -0.39 is 5.60 Å². The van der Waals surface area contributed by atoms with E-state index in [1.807, 2.05) is 20.0 Å². The lowest BCUT2D eigenvalue weighted by molar-refractivity contribution is 0.0145. The van der Waals surface area contributed by atoms with Gasteiger partial charge in [-0.25, -0.2) is 5.84 Å². The molecule has 1 fully saturated rings. The van der Waals surface area contributed by atoms with Crippen LogP contribution in [0.3, 0.4) is 0 Å². The van der Waals surface area contributed by atoms with Crippen LogP contribution in [0.4, 0.5) is 0 Å². The van der Waals surface area contributed by atoms with Gasteiger partial charge in [0.05, 0.1) is 10.5 Å². The Bertz CT molecular complexity index is 481. The maximum atomic E-state index is 11.5. The second-order valence-corrected chi connectivity index (χ2v) is 7.03. The van der Waals surface area contributed by atoms with Crippen molar-refractivity contribution in [3.63, 3.8) is 0 Å². The number of rotatable bonds is 5. The molecule has 0 spiro atoms.